The van der Waals surface area contributed by atoms with Crippen molar-refractivity contribution < 1.29 is 14.2 Å². The van der Waals surface area contributed by atoms with Gasteiger partial charge in [0.2, 0.25) is 0 Å². The van der Waals surface area contributed by atoms with Crippen LogP contribution in [0, 0.1) is 0 Å². The second-order valence-corrected chi connectivity index (χ2v) is 7.77. The van der Waals surface area contributed by atoms with Gasteiger partial charge in [-0.1, -0.05) is 6.07 Å². The van der Waals surface area contributed by atoms with E-state index in [-0.39, 0.29) is 0 Å². The molecule has 3 rings (SSSR count). The lowest BCUT2D eigenvalue weighted by Crippen LogP contribution is -2.44. The summed E-state index contributed by atoms with van der Waals surface area (Å²) in [4.78, 5) is 7.37. The quantitative estimate of drug-likeness (QED) is 0.607. The molecule has 0 amide bonds. The lowest BCUT2D eigenvalue weighted by atomic mass is 10.1. The van der Waals surface area contributed by atoms with Crippen molar-refractivity contribution in [2.45, 2.75) is 19.8 Å². The molecule has 2 aliphatic rings. The molecule has 0 spiro atoms. The van der Waals surface area contributed by atoms with Crippen LogP contribution in [0.15, 0.2) is 18.2 Å². The number of aryl methyl sites for hydroxylation is 1. The second-order valence-electron chi connectivity index (χ2n) is 7.77. The van der Waals surface area contributed by atoms with Gasteiger partial charge in [-0.3, -0.25) is 4.90 Å². The summed E-state index contributed by atoms with van der Waals surface area (Å²) < 4.78 is 17.3. The standard InChI is InChI=1S/C22H37N3O3/c1-3-27-22-19-20(5-4-8-24-11-9-23(2)10-12-24)6-7-21(22)28-18-15-25-13-16-26-17-14-25/h6-7,19H,3-5,8-18H2,1-2H3. The Kier molecular flexibility index (Phi) is 8.86. The van der Waals surface area contributed by atoms with E-state index < -0.39 is 0 Å². The Bertz CT molecular complexity index is 570. The molecule has 0 radical (unpaired) electrons. The molecule has 0 aromatic heterocycles. The Morgan fingerprint density at radius 1 is 0.893 bits per heavy atom. The lowest BCUT2D eigenvalue weighted by molar-refractivity contribution is 0.0321. The average Bonchev–Trinajstić information content (AvgIpc) is 2.72. The first-order valence-electron chi connectivity index (χ1n) is 10.8. The lowest BCUT2D eigenvalue weighted by Gasteiger charge is -2.32. The number of ether oxygens (including phenoxy) is 3. The molecule has 2 heterocycles. The van der Waals surface area contributed by atoms with Gasteiger partial charge in [0.25, 0.3) is 0 Å². The Morgan fingerprint density at radius 2 is 1.64 bits per heavy atom. The summed E-state index contributed by atoms with van der Waals surface area (Å²) in [6, 6.07) is 6.43. The highest BCUT2D eigenvalue weighted by Crippen LogP contribution is 2.29. The number of rotatable bonds is 10. The van der Waals surface area contributed by atoms with Crippen LogP contribution in [0.5, 0.6) is 11.5 Å². The van der Waals surface area contributed by atoms with Crippen molar-refractivity contribution in [3.05, 3.63) is 23.8 Å². The minimum absolute atomic E-state index is 0.657. The largest absolute Gasteiger partial charge is 0.490 e. The van der Waals surface area contributed by atoms with E-state index in [9.17, 15) is 0 Å². The van der Waals surface area contributed by atoms with Gasteiger partial charge in [-0.05, 0) is 51.1 Å². The Hall–Kier alpha value is -1.34. The minimum Gasteiger partial charge on any atom is -0.490 e. The molecule has 1 aromatic rings. The van der Waals surface area contributed by atoms with E-state index in [1.807, 2.05) is 6.92 Å². The molecule has 158 valence electrons. The fraction of sp³-hybridized carbons (Fsp3) is 0.727. The summed E-state index contributed by atoms with van der Waals surface area (Å²) in [5.74, 6) is 1.74. The number of hydrogen-bond acceptors (Lipinski definition) is 6. The molecule has 0 N–H and O–H groups in total. The molecule has 6 nitrogen and oxygen atoms in total. The highest BCUT2D eigenvalue weighted by atomic mass is 16.5. The fourth-order valence-corrected chi connectivity index (χ4v) is 3.78. The maximum atomic E-state index is 6.04. The molecule has 0 atom stereocenters. The van der Waals surface area contributed by atoms with E-state index in [0.29, 0.717) is 13.2 Å². The van der Waals surface area contributed by atoms with Crippen molar-refractivity contribution in [1.82, 2.24) is 14.7 Å². The highest BCUT2D eigenvalue weighted by Gasteiger charge is 2.14. The van der Waals surface area contributed by atoms with Crippen molar-refractivity contribution in [1.29, 1.82) is 0 Å². The highest BCUT2D eigenvalue weighted by molar-refractivity contribution is 5.43. The molecule has 0 unspecified atom stereocenters. The first-order chi connectivity index (χ1) is 13.7. The zero-order chi connectivity index (χ0) is 19.6. The number of morpholine rings is 1. The molecule has 0 bridgehead atoms. The minimum atomic E-state index is 0.657. The van der Waals surface area contributed by atoms with Gasteiger partial charge in [0.1, 0.15) is 6.61 Å². The molecule has 2 saturated heterocycles. The Balaban J connectivity index is 1.44. The zero-order valence-corrected chi connectivity index (χ0v) is 17.7. The summed E-state index contributed by atoms with van der Waals surface area (Å²) >= 11 is 0. The predicted molar refractivity (Wildman–Crippen MR) is 113 cm³/mol. The molecular weight excluding hydrogens is 354 g/mol. The number of likely N-dealkylation sites (N-methyl/N-ethyl adjacent to an activating group) is 1. The fourth-order valence-electron chi connectivity index (χ4n) is 3.78. The maximum absolute atomic E-state index is 6.04. The molecule has 2 aliphatic heterocycles. The Labute approximate surface area is 170 Å². The third-order valence-corrected chi connectivity index (χ3v) is 5.61. The van der Waals surface area contributed by atoms with Crippen LogP contribution < -0.4 is 9.47 Å². The summed E-state index contributed by atoms with van der Waals surface area (Å²) in [5, 5.41) is 0. The monoisotopic (exact) mass is 391 g/mol. The first kappa shape index (κ1) is 21.4. The van der Waals surface area contributed by atoms with Crippen LogP contribution in [0.2, 0.25) is 0 Å². The molecule has 2 fully saturated rings. The third-order valence-electron chi connectivity index (χ3n) is 5.61. The predicted octanol–water partition coefficient (Wildman–Crippen LogP) is 1.98. The van der Waals surface area contributed by atoms with Crippen LogP contribution in [-0.2, 0) is 11.2 Å². The number of nitrogens with zero attached hydrogens (tertiary/aromatic N) is 3. The number of hydrogen-bond donors (Lipinski definition) is 0. The van der Waals surface area contributed by atoms with Crippen LogP contribution in [0.25, 0.3) is 0 Å². The Morgan fingerprint density at radius 3 is 2.39 bits per heavy atom. The summed E-state index contributed by atoms with van der Waals surface area (Å²) in [6.45, 7) is 13.9. The van der Waals surface area contributed by atoms with Crippen molar-refractivity contribution >= 4 is 0 Å². The average molecular weight is 392 g/mol. The molecule has 6 heteroatoms. The van der Waals surface area contributed by atoms with E-state index in [1.165, 1.54) is 44.7 Å². The van der Waals surface area contributed by atoms with Gasteiger partial charge in [0.15, 0.2) is 11.5 Å². The van der Waals surface area contributed by atoms with Gasteiger partial charge in [0, 0.05) is 45.8 Å². The zero-order valence-electron chi connectivity index (χ0n) is 17.7. The molecule has 0 saturated carbocycles. The van der Waals surface area contributed by atoms with E-state index >= 15 is 0 Å². The molecule has 0 aliphatic carbocycles. The first-order valence-corrected chi connectivity index (χ1v) is 10.8. The van der Waals surface area contributed by atoms with E-state index in [1.54, 1.807) is 0 Å². The van der Waals surface area contributed by atoms with E-state index in [4.69, 9.17) is 14.2 Å². The van der Waals surface area contributed by atoms with Crippen LogP contribution in [0.1, 0.15) is 18.9 Å². The summed E-state index contributed by atoms with van der Waals surface area (Å²) in [5.41, 5.74) is 1.33. The van der Waals surface area contributed by atoms with Crippen molar-refractivity contribution in [2.75, 3.05) is 85.8 Å². The van der Waals surface area contributed by atoms with Gasteiger partial charge < -0.3 is 24.0 Å². The maximum Gasteiger partial charge on any atom is 0.161 e. The van der Waals surface area contributed by atoms with Gasteiger partial charge in [-0.25, -0.2) is 0 Å². The van der Waals surface area contributed by atoms with E-state index in [0.717, 1.165) is 50.8 Å². The van der Waals surface area contributed by atoms with Crippen LogP contribution in [0.4, 0.5) is 0 Å². The van der Waals surface area contributed by atoms with Crippen molar-refractivity contribution in [2.24, 2.45) is 0 Å². The topological polar surface area (TPSA) is 37.4 Å². The SMILES string of the molecule is CCOc1cc(CCCN2CCN(C)CC2)ccc1OCCN1CCOCC1. The molecule has 1 aromatic carbocycles. The van der Waals surface area contributed by atoms with Gasteiger partial charge >= 0.3 is 0 Å². The molecule has 28 heavy (non-hydrogen) atoms. The molecular formula is C22H37N3O3. The van der Waals surface area contributed by atoms with Crippen LogP contribution in [0.3, 0.4) is 0 Å². The number of piperazine rings is 1. The van der Waals surface area contributed by atoms with Gasteiger partial charge in [-0.2, -0.15) is 0 Å². The van der Waals surface area contributed by atoms with Crippen LogP contribution in [-0.4, -0.2) is 101 Å². The summed E-state index contributed by atoms with van der Waals surface area (Å²) in [7, 11) is 2.21. The normalized spacial score (nSPS) is 19.6. The van der Waals surface area contributed by atoms with Crippen molar-refractivity contribution in [3.8, 4) is 11.5 Å². The number of benzene rings is 1. The summed E-state index contributed by atoms with van der Waals surface area (Å²) in [6.07, 6.45) is 2.27. The second kappa shape index (κ2) is 11.6. The third kappa shape index (κ3) is 6.92. The smallest absolute Gasteiger partial charge is 0.161 e. The van der Waals surface area contributed by atoms with Gasteiger partial charge in [0.05, 0.1) is 19.8 Å². The van der Waals surface area contributed by atoms with Crippen LogP contribution >= 0.6 is 0 Å². The van der Waals surface area contributed by atoms with Gasteiger partial charge in [-0.15, -0.1) is 0 Å². The van der Waals surface area contributed by atoms with E-state index in [2.05, 4.69) is 39.9 Å². The van der Waals surface area contributed by atoms with Crippen molar-refractivity contribution in [3.63, 3.8) is 0 Å².